The fourth-order valence-electron chi connectivity index (χ4n) is 6.78. The zero-order chi connectivity index (χ0) is 29.8. The van der Waals surface area contributed by atoms with Crippen molar-refractivity contribution in [2.45, 2.75) is 38.8 Å². The van der Waals surface area contributed by atoms with Crippen LogP contribution in [0.15, 0.2) is 72.8 Å². The molecule has 42 heavy (non-hydrogen) atoms. The van der Waals surface area contributed by atoms with Crippen molar-refractivity contribution >= 4 is 40.7 Å². The molecule has 0 bridgehead atoms. The Hall–Kier alpha value is -4.50. The number of nitrogens with zero attached hydrogens (tertiary/aromatic N) is 2. The van der Waals surface area contributed by atoms with Gasteiger partial charge in [0, 0.05) is 23.0 Å². The van der Waals surface area contributed by atoms with Crippen molar-refractivity contribution in [3.8, 4) is 5.75 Å². The molecule has 0 aromatic heterocycles. The lowest BCUT2D eigenvalue weighted by Crippen LogP contribution is -2.56. The van der Waals surface area contributed by atoms with Crippen molar-refractivity contribution in [3.05, 3.63) is 83.9 Å². The van der Waals surface area contributed by atoms with Crippen molar-refractivity contribution in [2.24, 2.45) is 17.8 Å². The standard InChI is InChI=1S/C33H34N4O5/c1-19(2)17-25-28-29(31(40)37(30(28)39)22-13-15-23(42-4)16-14-22)33(35-25)24-7-5-6-8-26(24)36(32(33)41)18-27(38)34-21-11-9-20(3)10-12-21/h5-16,19,25,28-29,35H,17-18H2,1-4H3,(H,34,38)/t25-,28+,29-,33+/m0/s1. The topological polar surface area (TPSA) is 108 Å². The Balaban J connectivity index is 1.39. The van der Waals surface area contributed by atoms with Gasteiger partial charge in [-0.05, 0) is 61.7 Å². The molecule has 3 aliphatic rings. The van der Waals surface area contributed by atoms with Crippen molar-refractivity contribution in [2.75, 3.05) is 28.8 Å². The van der Waals surface area contributed by atoms with Crippen LogP contribution in [0.4, 0.5) is 17.1 Å². The number of carbonyl (C=O) groups excluding carboxylic acids is 4. The van der Waals surface area contributed by atoms with Crippen LogP contribution in [0.25, 0.3) is 0 Å². The monoisotopic (exact) mass is 566 g/mol. The van der Waals surface area contributed by atoms with Gasteiger partial charge >= 0.3 is 0 Å². The third kappa shape index (κ3) is 4.27. The van der Waals surface area contributed by atoms with Crippen molar-refractivity contribution in [1.29, 1.82) is 0 Å². The van der Waals surface area contributed by atoms with Crippen LogP contribution < -0.4 is 25.2 Å². The maximum Gasteiger partial charge on any atom is 0.253 e. The van der Waals surface area contributed by atoms with E-state index in [1.807, 2.05) is 43.3 Å². The lowest BCUT2D eigenvalue weighted by Gasteiger charge is -2.31. The van der Waals surface area contributed by atoms with Crippen molar-refractivity contribution in [1.82, 2.24) is 5.32 Å². The molecule has 3 aromatic rings. The molecule has 4 amide bonds. The average molecular weight is 567 g/mol. The van der Waals surface area contributed by atoms with Gasteiger partial charge in [0.05, 0.1) is 24.6 Å². The number of fused-ring (bicyclic) bond motifs is 4. The number of aryl methyl sites for hydroxylation is 1. The number of anilines is 3. The number of amides is 4. The molecule has 216 valence electrons. The van der Waals surface area contributed by atoms with E-state index in [1.165, 1.54) is 9.80 Å². The number of nitrogens with one attached hydrogen (secondary N) is 2. The molecule has 2 saturated heterocycles. The first-order valence-electron chi connectivity index (χ1n) is 14.2. The van der Waals surface area contributed by atoms with Crippen LogP contribution in [-0.2, 0) is 24.7 Å². The number of carbonyl (C=O) groups is 4. The first-order valence-corrected chi connectivity index (χ1v) is 14.2. The Morgan fingerprint density at radius 3 is 2.33 bits per heavy atom. The van der Waals surface area contributed by atoms with Gasteiger partial charge in [0.15, 0.2) is 0 Å². The molecule has 0 saturated carbocycles. The fraction of sp³-hybridized carbons (Fsp3) is 0.333. The van der Waals surface area contributed by atoms with Crippen LogP contribution >= 0.6 is 0 Å². The molecule has 3 aliphatic heterocycles. The SMILES string of the molecule is COc1ccc(N2C(=O)[C@@H]3[C@H](CC(C)C)N[C@@]4(C(=O)N(CC(=O)Nc5ccc(C)cc5)c5ccccc54)[C@@H]3C2=O)cc1. The van der Waals surface area contributed by atoms with E-state index in [1.54, 1.807) is 43.5 Å². The number of benzene rings is 3. The molecular formula is C33H34N4O5. The highest BCUT2D eigenvalue weighted by Crippen LogP contribution is 2.55. The third-order valence-electron chi connectivity index (χ3n) is 8.56. The summed E-state index contributed by atoms with van der Waals surface area (Å²) < 4.78 is 5.26. The highest BCUT2D eigenvalue weighted by atomic mass is 16.5. The molecule has 9 heteroatoms. The van der Waals surface area contributed by atoms with Crippen LogP contribution in [0.3, 0.4) is 0 Å². The van der Waals surface area contributed by atoms with Crippen LogP contribution in [0.1, 0.15) is 31.4 Å². The summed E-state index contributed by atoms with van der Waals surface area (Å²) >= 11 is 0. The lowest BCUT2D eigenvalue weighted by molar-refractivity contribution is -0.132. The molecule has 0 aliphatic carbocycles. The second kappa shape index (κ2) is 10.4. The smallest absolute Gasteiger partial charge is 0.253 e. The van der Waals surface area contributed by atoms with Gasteiger partial charge in [-0.15, -0.1) is 0 Å². The molecule has 9 nitrogen and oxygen atoms in total. The number of para-hydroxylation sites is 1. The fourth-order valence-corrected chi connectivity index (χ4v) is 6.78. The van der Waals surface area contributed by atoms with E-state index in [0.717, 1.165) is 5.56 Å². The summed E-state index contributed by atoms with van der Waals surface area (Å²) in [5, 5.41) is 6.37. The number of hydrogen-bond donors (Lipinski definition) is 2. The molecule has 2 fully saturated rings. The van der Waals surface area contributed by atoms with Gasteiger partial charge in [0.2, 0.25) is 17.7 Å². The molecule has 1 spiro atoms. The normalized spacial score (nSPS) is 24.5. The van der Waals surface area contributed by atoms with E-state index in [4.69, 9.17) is 4.74 Å². The summed E-state index contributed by atoms with van der Waals surface area (Å²) in [6.45, 7) is 5.83. The number of methoxy groups -OCH3 is 1. The third-order valence-corrected chi connectivity index (χ3v) is 8.56. The molecule has 6 rings (SSSR count). The number of hydrogen-bond acceptors (Lipinski definition) is 6. The summed E-state index contributed by atoms with van der Waals surface area (Å²) in [6, 6.07) is 21.0. The van der Waals surface area contributed by atoms with Gasteiger partial charge in [-0.3, -0.25) is 24.5 Å². The van der Waals surface area contributed by atoms with E-state index in [9.17, 15) is 19.2 Å². The molecular weight excluding hydrogens is 532 g/mol. The first-order chi connectivity index (χ1) is 20.1. The summed E-state index contributed by atoms with van der Waals surface area (Å²) in [4.78, 5) is 58.7. The minimum absolute atomic E-state index is 0.208. The van der Waals surface area contributed by atoms with Crippen molar-refractivity contribution < 1.29 is 23.9 Å². The minimum atomic E-state index is -1.47. The first kappa shape index (κ1) is 27.7. The largest absolute Gasteiger partial charge is 0.497 e. The second-order valence-corrected chi connectivity index (χ2v) is 11.7. The Labute approximate surface area is 244 Å². The Bertz CT molecular complexity index is 1570. The van der Waals surface area contributed by atoms with E-state index < -0.39 is 35.2 Å². The quantitative estimate of drug-likeness (QED) is 0.419. The molecule has 2 N–H and O–H groups in total. The van der Waals surface area contributed by atoms with Gasteiger partial charge in [0.1, 0.15) is 17.8 Å². The number of rotatable bonds is 7. The van der Waals surface area contributed by atoms with Crippen LogP contribution in [0, 0.1) is 24.7 Å². The van der Waals surface area contributed by atoms with Gasteiger partial charge in [-0.1, -0.05) is 49.7 Å². The maximum absolute atomic E-state index is 14.6. The Morgan fingerprint density at radius 1 is 0.976 bits per heavy atom. The number of imide groups is 1. The van der Waals surface area contributed by atoms with Gasteiger partial charge in [-0.2, -0.15) is 0 Å². The molecule has 4 atom stereocenters. The van der Waals surface area contributed by atoms with E-state index in [2.05, 4.69) is 24.5 Å². The Kier molecular flexibility index (Phi) is 6.85. The summed E-state index contributed by atoms with van der Waals surface area (Å²) in [6.07, 6.45) is 0.599. The number of ether oxygens (including phenoxy) is 1. The van der Waals surface area contributed by atoms with E-state index in [-0.39, 0.29) is 24.3 Å². The highest BCUT2D eigenvalue weighted by molar-refractivity contribution is 6.26. The zero-order valence-corrected chi connectivity index (χ0v) is 24.1. The minimum Gasteiger partial charge on any atom is -0.497 e. The van der Waals surface area contributed by atoms with E-state index >= 15 is 0 Å². The lowest BCUT2D eigenvalue weighted by atomic mass is 9.76. The molecule has 3 aromatic carbocycles. The van der Waals surface area contributed by atoms with Crippen molar-refractivity contribution in [3.63, 3.8) is 0 Å². The van der Waals surface area contributed by atoms with Gasteiger partial charge < -0.3 is 15.0 Å². The Morgan fingerprint density at radius 2 is 1.67 bits per heavy atom. The molecule has 3 heterocycles. The second-order valence-electron chi connectivity index (χ2n) is 11.7. The predicted octanol–water partition coefficient (Wildman–Crippen LogP) is 4.01. The summed E-state index contributed by atoms with van der Waals surface area (Å²) in [7, 11) is 1.55. The van der Waals surface area contributed by atoms with Crippen LogP contribution in [-0.4, -0.2) is 43.3 Å². The molecule has 0 unspecified atom stereocenters. The maximum atomic E-state index is 14.6. The van der Waals surface area contributed by atoms with Gasteiger partial charge in [0.25, 0.3) is 5.91 Å². The van der Waals surface area contributed by atoms with Crippen LogP contribution in [0.5, 0.6) is 5.75 Å². The van der Waals surface area contributed by atoms with Crippen LogP contribution in [0.2, 0.25) is 0 Å². The predicted molar refractivity (Wildman–Crippen MR) is 159 cm³/mol. The van der Waals surface area contributed by atoms with Gasteiger partial charge in [-0.25, -0.2) is 4.90 Å². The summed E-state index contributed by atoms with van der Waals surface area (Å²) in [5.74, 6) is -2.40. The average Bonchev–Trinajstić information content (AvgIpc) is 3.53. The zero-order valence-electron chi connectivity index (χ0n) is 24.1. The summed E-state index contributed by atoms with van der Waals surface area (Å²) in [5.41, 5.74) is 1.82. The van der Waals surface area contributed by atoms with E-state index in [0.29, 0.717) is 34.8 Å². The molecule has 0 radical (unpaired) electrons. The highest BCUT2D eigenvalue weighted by Gasteiger charge is 2.71.